The zero-order valence-corrected chi connectivity index (χ0v) is 15.8. The van der Waals surface area contributed by atoms with Crippen LogP contribution in [0, 0.1) is 0 Å². The Morgan fingerprint density at radius 1 is 1.08 bits per heavy atom. The fourth-order valence-electron chi connectivity index (χ4n) is 3.17. The van der Waals surface area contributed by atoms with Crippen LogP contribution < -0.4 is 4.72 Å². The number of carbonyl (C=O) groups is 1. The van der Waals surface area contributed by atoms with Crippen molar-refractivity contribution in [2.75, 3.05) is 17.8 Å². The van der Waals surface area contributed by atoms with E-state index in [-0.39, 0.29) is 10.8 Å². The van der Waals surface area contributed by atoms with Crippen LogP contribution in [0.15, 0.2) is 53.4 Å². The summed E-state index contributed by atoms with van der Waals surface area (Å²) in [6.45, 7) is 3.51. The Morgan fingerprint density at radius 3 is 2.46 bits per heavy atom. The lowest BCUT2D eigenvalue weighted by atomic mass is 10.1. The summed E-state index contributed by atoms with van der Waals surface area (Å²) in [6.07, 6.45) is 3.06. The van der Waals surface area contributed by atoms with E-state index in [0.29, 0.717) is 18.7 Å². The molecule has 1 saturated heterocycles. The summed E-state index contributed by atoms with van der Waals surface area (Å²) in [6, 6.07) is 14.3. The molecule has 1 aliphatic rings. The van der Waals surface area contributed by atoms with Crippen molar-refractivity contribution in [3.05, 3.63) is 59.7 Å². The number of para-hydroxylation sites is 1. The van der Waals surface area contributed by atoms with Crippen molar-refractivity contribution in [1.29, 1.82) is 0 Å². The highest BCUT2D eigenvalue weighted by atomic mass is 32.2. The number of nitrogens with zero attached hydrogens (tertiary/aromatic N) is 1. The molecule has 0 aromatic heterocycles. The van der Waals surface area contributed by atoms with Crippen LogP contribution in [-0.4, -0.2) is 32.3 Å². The third-order valence-electron chi connectivity index (χ3n) is 4.72. The van der Waals surface area contributed by atoms with Crippen molar-refractivity contribution in [3.63, 3.8) is 0 Å². The first-order chi connectivity index (χ1) is 12.5. The minimum absolute atomic E-state index is 0.211. The van der Waals surface area contributed by atoms with Crippen molar-refractivity contribution < 1.29 is 13.2 Å². The summed E-state index contributed by atoms with van der Waals surface area (Å²) < 4.78 is 27.9. The molecule has 138 valence electrons. The van der Waals surface area contributed by atoms with Gasteiger partial charge in [0.05, 0.1) is 10.6 Å². The van der Waals surface area contributed by atoms with Gasteiger partial charge in [0.25, 0.3) is 10.0 Å². The quantitative estimate of drug-likeness (QED) is 0.811. The van der Waals surface area contributed by atoms with Crippen molar-refractivity contribution in [2.24, 2.45) is 0 Å². The molecule has 2 aromatic rings. The second-order valence-corrected chi connectivity index (χ2v) is 8.18. The summed E-state index contributed by atoms with van der Waals surface area (Å²) in [5, 5.41) is 0. The lowest BCUT2D eigenvalue weighted by molar-refractivity contribution is -0.127. The van der Waals surface area contributed by atoms with E-state index in [1.54, 1.807) is 18.2 Å². The van der Waals surface area contributed by atoms with Gasteiger partial charge in [-0.3, -0.25) is 9.52 Å². The van der Waals surface area contributed by atoms with Crippen molar-refractivity contribution >= 4 is 21.6 Å². The smallest absolute Gasteiger partial charge is 0.261 e. The van der Waals surface area contributed by atoms with Gasteiger partial charge in [0.15, 0.2) is 0 Å². The molecule has 0 unspecified atom stereocenters. The first kappa shape index (κ1) is 18.5. The Bertz CT molecular complexity index is 876. The third-order valence-corrected chi connectivity index (χ3v) is 6.10. The van der Waals surface area contributed by atoms with Crippen LogP contribution in [0.25, 0.3) is 0 Å². The molecular weight excluding hydrogens is 348 g/mol. The predicted octanol–water partition coefficient (Wildman–Crippen LogP) is 3.21. The molecule has 0 radical (unpaired) electrons. The highest BCUT2D eigenvalue weighted by Crippen LogP contribution is 2.21. The van der Waals surface area contributed by atoms with Crippen LogP contribution in [0.1, 0.15) is 30.9 Å². The van der Waals surface area contributed by atoms with Crippen LogP contribution in [0.3, 0.4) is 0 Å². The van der Waals surface area contributed by atoms with E-state index in [1.807, 2.05) is 42.2 Å². The van der Waals surface area contributed by atoms with Gasteiger partial charge in [-0.15, -0.1) is 0 Å². The molecule has 6 heteroatoms. The van der Waals surface area contributed by atoms with Gasteiger partial charge in [-0.25, -0.2) is 8.42 Å². The molecule has 1 amide bonds. The molecule has 0 spiro atoms. The average molecular weight is 372 g/mol. The van der Waals surface area contributed by atoms with Gasteiger partial charge < -0.3 is 4.90 Å². The number of rotatable bonds is 7. The standard InChI is InChI=1S/C20H24N2O3S/c1-2-17-6-3-4-7-19(17)21-26(24,25)18-11-9-16(10-12-18)13-15-22-14-5-8-20(22)23/h3-4,6-7,9-12,21H,2,5,8,13-15H2,1H3. The summed E-state index contributed by atoms with van der Waals surface area (Å²) in [5.41, 5.74) is 2.60. The zero-order chi connectivity index (χ0) is 18.6. The molecule has 26 heavy (non-hydrogen) atoms. The largest absolute Gasteiger partial charge is 0.342 e. The molecule has 2 aromatic carbocycles. The number of likely N-dealkylation sites (tertiary alicyclic amines) is 1. The van der Waals surface area contributed by atoms with Crippen LogP contribution in [0.4, 0.5) is 5.69 Å². The maximum absolute atomic E-state index is 12.6. The highest BCUT2D eigenvalue weighted by molar-refractivity contribution is 7.92. The van der Waals surface area contributed by atoms with Crippen LogP contribution in [0.5, 0.6) is 0 Å². The molecule has 0 atom stereocenters. The van der Waals surface area contributed by atoms with Crippen molar-refractivity contribution in [1.82, 2.24) is 4.90 Å². The van der Waals surface area contributed by atoms with Crippen LogP contribution >= 0.6 is 0 Å². The monoisotopic (exact) mass is 372 g/mol. The van der Waals surface area contributed by atoms with Gasteiger partial charge >= 0.3 is 0 Å². The number of anilines is 1. The maximum atomic E-state index is 12.6. The van der Waals surface area contributed by atoms with E-state index in [0.717, 1.165) is 36.9 Å². The van der Waals surface area contributed by atoms with Gasteiger partial charge in [-0.1, -0.05) is 37.3 Å². The van der Waals surface area contributed by atoms with E-state index in [4.69, 9.17) is 0 Å². The van der Waals surface area contributed by atoms with E-state index in [2.05, 4.69) is 4.72 Å². The van der Waals surface area contributed by atoms with Gasteiger partial charge in [0.2, 0.25) is 5.91 Å². The maximum Gasteiger partial charge on any atom is 0.261 e. The Kier molecular flexibility index (Phi) is 5.61. The predicted molar refractivity (Wildman–Crippen MR) is 103 cm³/mol. The molecule has 0 aliphatic carbocycles. The number of hydrogen-bond acceptors (Lipinski definition) is 3. The van der Waals surface area contributed by atoms with Gasteiger partial charge in [-0.05, 0) is 48.6 Å². The van der Waals surface area contributed by atoms with Crippen molar-refractivity contribution in [3.8, 4) is 0 Å². The normalized spacial score (nSPS) is 14.7. The Labute approximate surface area is 155 Å². The van der Waals surface area contributed by atoms with Crippen LogP contribution in [-0.2, 0) is 27.7 Å². The molecule has 5 nitrogen and oxygen atoms in total. The molecule has 1 aliphatic heterocycles. The molecule has 1 N–H and O–H groups in total. The fourth-order valence-corrected chi connectivity index (χ4v) is 4.27. The summed E-state index contributed by atoms with van der Waals surface area (Å²) >= 11 is 0. The molecular formula is C20H24N2O3S. The molecule has 3 rings (SSSR count). The Balaban J connectivity index is 1.67. The summed E-state index contributed by atoms with van der Waals surface area (Å²) in [4.78, 5) is 13.8. The third kappa shape index (κ3) is 4.25. The van der Waals surface area contributed by atoms with E-state index >= 15 is 0 Å². The number of nitrogens with one attached hydrogen (secondary N) is 1. The van der Waals surface area contributed by atoms with Gasteiger partial charge in [0.1, 0.15) is 0 Å². The van der Waals surface area contributed by atoms with E-state index in [9.17, 15) is 13.2 Å². The second kappa shape index (κ2) is 7.91. The van der Waals surface area contributed by atoms with Crippen molar-refractivity contribution in [2.45, 2.75) is 37.5 Å². The van der Waals surface area contributed by atoms with E-state index in [1.165, 1.54) is 0 Å². The van der Waals surface area contributed by atoms with Gasteiger partial charge in [0, 0.05) is 19.5 Å². The lowest BCUT2D eigenvalue weighted by Gasteiger charge is -2.15. The minimum Gasteiger partial charge on any atom is -0.342 e. The molecule has 0 bridgehead atoms. The number of amides is 1. The Hall–Kier alpha value is -2.34. The fraction of sp³-hybridized carbons (Fsp3) is 0.350. The van der Waals surface area contributed by atoms with E-state index < -0.39 is 10.0 Å². The number of aryl methyl sites for hydroxylation is 1. The second-order valence-electron chi connectivity index (χ2n) is 6.49. The lowest BCUT2D eigenvalue weighted by Crippen LogP contribution is -2.26. The molecule has 1 heterocycles. The summed E-state index contributed by atoms with van der Waals surface area (Å²) in [7, 11) is -3.62. The van der Waals surface area contributed by atoms with Gasteiger partial charge in [-0.2, -0.15) is 0 Å². The van der Waals surface area contributed by atoms with Crippen LogP contribution in [0.2, 0.25) is 0 Å². The Morgan fingerprint density at radius 2 is 1.81 bits per heavy atom. The summed E-state index contributed by atoms with van der Waals surface area (Å²) in [5.74, 6) is 0.211. The number of sulfonamides is 1. The minimum atomic E-state index is -3.62. The molecule has 0 saturated carbocycles. The SMILES string of the molecule is CCc1ccccc1NS(=O)(=O)c1ccc(CCN2CCCC2=O)cc1. The number of hydrogen-bond donors (Lipinski definition) is 1. The first-order valence-corrected chi connectivity index (χ1v) is 10.5. The topological polar surface area (TPSA) is 66.5 Å². The average Bonchev–Trinajstić information content (AvgIpc) is 3.05. The first-order valence-electron chi connectivity index (χ1n) is 8.97. The zero-order valence-electron chi connectivity index (χ0n) is 14.9. The highest BCUT2D eigenvalue weighted by Gasteiger charge is 2.20. The number of benzene rings is 2. The molecule has 1 fully saturated rings. The number of carbonyl (C=O) groups excluding carboxylic acids is 1.